The van der Waals surface area contributed by atoms with E-state index in [2.05, 4.69) is 13.8 Å². The van der Waals surface area contributed by atoms with Crippen LogP contribution in [0.25, 0.3) is 0 Å². The van der Waals surface area contributed by atoms with Crippen molar-refractivity contribution >= 4 is 0 Å². The van der Waals surface area contributed by atoms with Gasteiger partial charge in [0, 0.05) is 6.61 Å². The Hall–Kier alpha value is -0.0400. The quantitative estimate of drug-likeness (QED) is 0.586. The summed E-state index contributed by atoms with van der Waals surface area (Å²) >= 11 is 0. The molecule has 1 heteroatoms. The predicted octanol–water partition coefficient (Wildman–Crippen LogP) is 4.55. The van der Waals surface area contributed by atoms with Crippen LogP contribution in [-0.4, -0.2) is 12.7 Å². The Morgan fingerprint density at radius 3 is 2.56 bits per heavy atom. The molecule has 1 saturated heterocycles. The summed E-state index contributed by atoms with van der Waals surface area (Å²) in [5.41, 5.74) is 0.568. The molecule has 16 heavy (non-hydrogen) atoms. The first kappa shape index (κ1) is 12.4. The third-order valence-corrected chi connectivity index (χ3v) is 4.62. The summed E-state index contributed by atoms with van der Waals surface area (Å²) in [6, 6.07) is 0. The van der Waals surface area contributed by atoms with Crippen LogP contribution in [0.2, 0.25) is 0 Å². The molecule has 2 aliphatic rings. The number of fused-ring (bicyclic) bond motifs is 1. The summed E-state index contributed by atoms with van der Waals surface area (Å²) in [6.07, 6.45) is 13.1. The molecule has 0 amide bonds. The van der Waals surface area contributed by atoms with E-state index in [4.69, 9.17) is 4.74 Å². The monoisotopic (exact) mass is 224 g/mol. The van der Waals surface area contributed by atoms with Crippen molar-refractivity contribution in [3.63, 3.8) is 0 Å². The SMILES string of the molecule is CC1(C)CCCCCC2CCOC2CCC1. The van der Waals surface area contributed by atoms with E-state index in [-0.39, 0.29) is 0 Å². The minimum Gasteiger partial charge on any atom is -0.378 e. The fourth-order valence-electron chi connectivity index (χ4n) is 3.44. The summed E-state index contributed by atoms with van der Waals surface area (Å²) < 4.78 is 5.90. The molecule has 94 valence electrons. The molecule has 1 aliphatic carbocycles. The van der Waals surface area contributed by atoms with Crippen molar-refractivity contribution in [1.29, 1.82) is 0 Å². The largest absolute Gasteiger partial charge is 0.378 e. The lowest BCUT2D eigenvalue weighted by Crippen LogP contribution is -2.17. The Morgan fingerprint density at radius 2 is 1.69 bits per heavy atom. The standard InChI is InChI=1S/C15H28O/c1-15(2)10-5-3-4-7-13-9-12-16-14(13)8-6-11-15/h13-14H,3-12H2,1-2H3. The van der Waals surface area contributed by atoms with Gasteiger partial charge in [0.1, 0.15) is 0 Å². The van der Waals surface area contributed by atoms with Gasteiger partial charge in [-0.3, -0.25) is 0 Å². The second-order valence-electron chi connectivity index (χ2n) is 6.61. The topological polar surface area (TPSA) is 9.23 Å². The van der Waals surface area contributed by atoms with Crippen LogP contribution in [-0.2, 0) is 4.74 Å². The Balaban J connectivity index is 1.89. The van der Waals surface area contributed by atoms with E-state index >= 15 is 0 Å². The van der Waals surface area contributed by atoms with Crippen LogP contribution in [0.1, 0.15) is 71.6 Å². The predicted molar refractivity (Wildman–Crippen MR) is 68.6 cm³/mol. The van der Waals surface area contributed by atoms with Crippen LogP contribution in [0.15, 0.2) is 0 Å². The molecule has 0 spiro atoms. The average molecular weight is 224 g/mol. The summed E-state index contributed by atoms with van der Waals surface area (Å²) in [5.74, 6) is 0.890. The first-order valence-electron chi connectivity index (χ1n) is 7.29. The first-order valence-corrected chi connectivity index (χ1v) is 7.29. The number of ether oxygens (including phenoxy) is 1. The maximum absolute atomic E-state index is 5.90. The summed E-state index contributed by atoms with van der Waals surface area (Å²) in [5, 5.41) is 0. The van der Waals surface area contributed by atoms with Crippen LogP contribution in [0.4, 0.5) is 0 Å². The van der Waals surface area contributed by atoms with Gasteiger partial charge in [0.25, 0.3) is 0 Å². The molecule has 0 radical (unpaired) electrons. The molecule has 0 aromatic carbocycles. The van der Waals surface area contributed by atoms with Gasteiger partial charge in [0.05, 0.1) is 6.10 Å². The minimum atomic E-state index is 0.568. The van der Waals surface area contributed by atoms with Crippen LogP contribution in [0.5, 0.6) is 0 Å². The zero-order chi connectivity index (χ0) is 11.4. The highest BCUT2D eigenvalue weighted by atomic mass is 16.5. The van der Waals surface area contributed by atoms with Gasteiger partial charge in [-0.15, -0.1) is 0 Å². The first-order chi connectivity index (χ1) is 7.67. The summed E-state index contributed by atoms with van der Waals surface area (Å²) in [7, 11) is 0. The van der Waals surface area contributed by atoms with Crippen LogP contribution in [0, 0.1) is 11.3 Å². The Labute approximate surface area is 101 Å². The lowest BCUT2D eigenvalue weighted by atomic mass is 9.82. The fourth-order valence-corrected chi connectivity index (χ4v) is 3.44. The molecule has 0 aromatic heterocycles. The summed E-state index contributed by atoms with van der Waals surface area (Å²) in [4.78, 5) is 0. The lowest BCUT2D eigenvalue weighted by molar-refractivity contribution is 0.0767. The van der Waals surface area contributed by atoms with E-state index in [0.717, 1.165) is 12.5 Å². The van der Waals surface area contributed by atoms with E-state index < -0.39 is 0 Å². The molecule has 2 rings (SSSR count). The Kier molecular flexibility index (Phi) is 4.29. The van der Waals surface area contributed by atoms with E-state index in [1.165, 1.54) is 57.8 Å². The zero-order valence-corrected chi connectivity index (χ0v) is 11.1. The highest BCUT2D eigenvalue weighted by molar-refractivity contribution is 4.79. The van der Waals surface area contributed by atoms with Crippen molar-refractivity contribution in [2.24, 2.45) is 11.3 Å². The molecule has 2 atom stereocenters. The van der Waals surface area contributed by atoms with Crippen molar-refractivity contribution in [1.82, 2.24) is 0 Å². The molecule has 0 N–H and O–H groups in total. The molecule has 1 saturated carbocycles. The maximum atomic E-state index is 5.90. The van der Waals surface area contributed by atoms with Crippen molar-refractivity contribution in [2.45, 2.75) is 77.7 Å². The van der Waals surface area contributed by atoms with Crippen LogP contribution < -0.4 is 0 Å². The van der Waals surface area contributed by atoms with Crippen molar-refractivity contribution < 1.29 is 4.74 Å². The highest BCUT2D eigenvalue weighted by Crippen LogP contribution is 2.35. The van der Waals surface area contributed by atoms with Crippen LogP contribution >= 0.6 is 0 Å². The second kappa shape index (κ2) is 5.53. The second-order valence-corrected chi connectivity index (χ2v) is 6.61. The van der Waals surface area contributed by atoms with E-state index in [1.807, 2.05) is 0 Å². The van der Waals surface area contributed by atoms with Gasteiger partial charge >= 0.3 is 0 Å². The molecular formula is C15H28O. The van der Waals surface area contributed by atoms with Crippen molar-refractivity contribution in [2.75, 3.05) is 6.61 Å². The zero-order valence-electron chi connectivity index (χ0n) is 11.1. The third-order valence-electron chi connectivity index (χ3n) is 4.62. The maximum Gasteiger partial charge on any atom is 0.0604 e. The highest BCUT2D eigenvalue weighted by Gasteiger charge is 2.28. The van der Waals surface area contributed by atoms with Gasteiger partial charge in [-0.1, -0.05) is 39.5 Å². The molecule has 0 aromatic rings. The molecule has 1 aliphatic heterocycles. The van der Waals surface area contributed by atoms with Crippen LogP contribution in [0.3, 0.4) is 0 Å². The van der Waals surface area contributed by atoms with E-state index in [9.17, 15) is 0 Å². The summed E-state index contributed by atoms with van der Waals surface area (Å²) in [6.45, 7) is 5.91. The normalized spacial score (nSPS) is 36.4. The van der Waals surface area contributed by atoms with Gasteiger partial charge in [-0.05, 0) is 43.4 Å². The lowest BCUT2D eigenvalue weighted by Gasteiger charge is -2.25. The Bertz CT molecular complexity index is 209. The van der Waals surface area contributed by atoms with Crippen molar-refractivity contribution in [3.8, 4) is 0 Å². The van der Waals surface area contributed by atoms with Gasteiger partial charge in [-0.2, -0.15) is 0 Å². The fraction of sp³-hybridized carbons (Fsp3) is 1.00. The molecular weight excluding hydrogens is 196 g/mol. The molecule has 0 bridgehead atoms. The molecule has 1 heterocycles. The minimum absolute atomic E-state index is 0.568. The number of hydrogen-bond acceptors (Lipinski definition) is 1. The van der Waals surface area contributed by atoms with Gasteiger partial charge in [0.2, 0.25) is 0 Å². The molecule has 2 fully saturated rings. The third kappa shape index (κ3) is 3.48. The Morgan fingerprint density at radius 1 is 0.875 bits per heavy atom. The smallest absolute Gasteiger partial charge is 0.0604 e. The van der Waals surface area contributed by atoms with Crippen molar-refractivity contribution in [3.05, 3.63) is 0 Å². The number of hydrogen-bond donors (Lipinski definition) is 0. The molecule has 2 unspecified atom stereocenters. The van der Waals surface area contributed by atoms with E-state index in [0.29, 0.717) is 11.5 Å². The molecule has 1 nitrogen and oxygen atoms in total. The number of rotatable bonds is 0. The van der Waals surface area contributed by atoms with Gasteiger partial charge in [-0.25, -0.2) is 0 Å². The van der Waals surface area contributed by atoms with Gasteiger partial charge < -0.3 is 4.74 Å². The van der Waals surface area contributed by atoms with E-state index in [1.54, 1.807) is 0 Å². The van der Waals surface area contributed by atoms with Gasteiger partial charge in [0.15, 0.2) is 0 Å². The average Bonchev–Trinajstić information content (AvgIpc) is 2.63.